The molecule has 0 bridgehead atoms. The smallest absolute Gasteiger partial charge is 0.463 e. The zero-order valence-electron chi connectivity index (χ0n) is 69.8. The molecule has 0 rings (SSSR count). The van der Waals surface area contributed by atoms with Crippen LogP contribution < -0.4 is 0 Å². The predicted molar refractivity (Wildman–Crippen MR) is 463 cm³/mol. The molecule has 0 saturated heterocycles. The maximum absolute atomic E-state index is 13.0. The monoisotopic (exact) mass is 1590 g/mol. The fraction of sp³-hybridized carbons (Fsp3) is 0.688. The Balaban J connectivity index is 4.45. The average molecular weight is 1590 g/mol. The van der Waals surface area contributed by atoms with Gasteiger partial charge >= 0.3 is 33.6 Å². The van der Waals surface area contributed by atoms with Crippen LogP contribution >= 0.6 is 15.6 Å². The third-order valence-corrected chi connectivity index (χ3v) is 20.1. The highest BCUT2D eigenvalue weighted by molar-refractivity contribution is 7.47. The number of ether oxygens (including phenoxy) is 3. The van der Waals surface area contributed by atoms with Crippen molar-refractivity contribution >= 4 is 33.6 Å². The zero-order chi connectivity index (χ0) is 80.8. The summed E-state index contributed by atoms with van der Waals surface area (Å²) >= 11 is 0. The molecule has 0 aromatic heterocycles. The van der Waals surface area contributed by atoms with Crippen molar-refractivity contribution in [1.82, 2.24) is 0 Å². The van der Waals surface area contributed by atoms with Crippen LogP contribution in [-0.4, -0.2) is 95.9 Å². The lowest BCUT2D eigenvalue weighted by Crippen LogP contribution is -2.30. The van der Waals surface area contributed by atoms with Crippen LogP contribution in [0.5, 0.6) is 0 Å². The highest BCUT2D eigenvalue weighted by atomic mass is 31.2. The van der Waals surface area contributed by atoms with Crippen molar-refractivity contribution in [2.75, 3.05) is 39.6 Å². The quantitative estimate of drug-likeness (QED) is 0.0146. The Morgan fingerprint density at radius 2 is 0.477 bits per heavy atom. The number of phosphoric ester groups is 2. The molecule has 0 aliphatic heterocycles. The Morgan fingerprint density at radius 1 is 0.261 bits per heavy atom. The van der Waals surface area contributed by atoms with E-state index >= 15 is 0 Å². The molecular formula is C93H158O16P2. The van der Waals surface area contributed by atoms with E-state index in [0.29, 0.717) is 19.3 Å². The number of carbonyl (C=O) groups excluding carboxylic acids is 3. The Labute approximate surface area is 676 Å². The number of rotatable bonds is 82. The Morgan fingerprint density at radius 3 is 0.757 bits per heavy atom. The van der Waals surface area contributed by atoms with E-state index in [1.807, 2.05) is 0 Å². The third kappa shape index (κ3) is 85.9. The van der Waals surface area contributed by atoms with Gasteiger partial charge in [0.25, 0.3) is 0 Å². The van der Waals surface area contributed by atoms with Crippen LogP contribution in [-0.2, 0) is 55.8 Å². The van der Waals surface area contributed by atoms with E-state index in [9.17, 15) is 43.5 Å². The maximum atomic E-state index is 13.0. The van der Waals surface area contributed by atoms with Crippen molar-refractivity contribution in [3.05, 3.63) is 158 Å². The van der Waals surface area contributed by atoms with Crippen molar-refractivity contribution in [1.29, 1.82) is 0 Å². The summed E-state index contributed by atoms with van der Waals surface area (Å²) in [5.74, 6) is -1.60. The lowest BCUT2D eigenvalue weighted by Gasteiger charge is -2.21. The van der Waals surface area contributed by atoms with Crippen LogP contribution in [0.1, 0.15) is 355 Å². The van der Waals surface area contributed by atoms with E-state index in [0.717, 1.165) is 161 Å². The molecule has 0 radical (unpaired) electrons. The van der Waals surface area contributed by atoms with Crippen LogP contribution in [0.3, 0.4) is 0 Å². The van der Waals surface area contributed by atoms with Gasteiger partial charge in [0.1, 0.15) is 25.4 Å². The first-order chi connectivity index (χ1) is 54.2. The van der Waals surface area contributed by atoms with Gasteiger partial charge in [-0.1, -0.05) is 346 Å². The van der Waals surface area contributed by atoms with E-state index in [1.165, 1.54) is 135 Å². The summed E-state index contributed by atoms with van der Waals surface area (Å²) < 4.78 is 61.3. The molecule has 0 fully saturated rings. The molecule has 0 amide bonds. The minimum Gasteiger partial charge on any atom is -0.463 e. The Kier molecular flexibility index (Phi) is 80.9. The fourth-order valence-corrected chi connectivity index (χ4v) is 13.2. The highest BCUT2D eigenvalue weighted by Gasteiger charge is 2.29. The van der Waals surface area contributed by atoms with E-state index in [1.54, 1.807) is 0 Å². The van der Waals surface area contributed by atoms with Gasteiger partial charge in [-0.15, -0.1) is 0 Å². The highest BCUT2D eigenvalue weighted by Crippen LogP contribution is 2.45. The second-order valence-electron chi connectivity index (χ2n) is 28.9. The molecule has 0 aliphatic rings. The number of phosphoric acid groups is 2. The molecule has 0 heterocycles. The first kappa shape index (κ1) is 106. The molecule has 636 valence electrons. The standard InChI is InChI=1S/C93H158O16P2/c1-4-7-10-13-16-19-22-25-28-30-32-34-36-38-39-40-41-42-43-44-45-46-47-49-51-52-54-56-59-61-64-67-70-73-76-79-91(96)103-82-88(94)83-105-110(99,100)106-84-89(95)85-107-111(101,102)108-87-90(109-93(98)81-78-75-72-69-66-63-58-27-24-21-18-15-12-9-6-3)86-104-92(97)80-77-74-71-68-65-62-60-57-55-53-50-48-37-35-33-31-29-26-23-20-17-14-11-8-5-2/h7,9-10,12,16-21,25-29,32-35,38-39,41-42,48,50,58,88-90,94-95H,4-6,8,11,13-15,22-24,30-31,36-37,40,43-47,49,51-57,59-87H2,1-3H3,(H,99,100)(H,101,102)/b10-7-,12-9-,19-16-,20-17-,21-18-,28-25-,29-26-,34-32-,35-33-,39-38-,42-41-,50-48-,58-27-. The lowest BCUT2D eigenvalue weighted by atomic mass is 10.0. The van der Waals surface area contributed by atoms with E-state index in [4.69, 9.17) is 32.3 Å². The van der Waals surface area contributed by atoms with Crippen LogP contribution in [0.2, 0.25) is 0 Å². The molecule has 5 atom stereocenters. The number of hydrogen-bond donors (Lipinski definition) is 4. The summed E-state index contributed by atoms with van der Waals surface area (Å²) in [5.41, 5.74) is 0. The Hall–Kier alpha value is -4.83. The molecule has 0 saturated carbocycles. The lowest BCUT2D eigenvalue weighted by molar-refractivity contribution is -0.161. The van der Waals surface area contributed by atoms with Crippen LogP contribution in [0.25, 0.3) is 0 Å². The SMILES string of the molecule is CC/C=C\C/C=C\C/C=C\C/C=C\C/C=C\C/C=C\CCCCCCCCCCCCCCCCCCC(=O)OCC(O)COP(=O)(O)OCC(O)COP(=O)(O)OCC(COC(=O)CCCCCCCCCCC/C=C\C/C=C\C/C=C\C/C=C\CCCCC)OC(=O)CCCCCCC/C=C\C/C=C\C/C=C\CC. The minimum atomic E-state index is -4.94. The van der Waals surface area contributed by atoms with Crippen molar-refractivity contribution in [2.45, 2.75) is 373 Å². The van der Waals surface area contributed by atoms with Gasteiger partial charge in [0, 0.05) is 19.3 Å². The van der Waals surface area contributed by atoms with Gasteiger partial charge in [-0.25, -0.2) is 9.13 Å². The van der Waals surface area contributed by atoms with Crippen LogP contribution in [0.4, 0.5) is 0 Å². The topological polar surface area (TPSA) is 231 Å². The summed E-state index contributed by atoms with van der Waals surface area (Å²) in [6.07, 6.45) is 107. The molecular weight excluding hydrogens is 1430 g/mol. The van der Waals surface area contributed by atoms with Crippen molar-refractivity contribution < 1.29 is 75.8 Å². The second kappa shape index (κ2) is 84.6. The number of aliphatic hydroxyl groups excluding tert-OH is 2. The van der Waals surface area contributed by atoms with Gasteiger partial charge in [0.2, 0.25) is 0 Å². The van der Waals surface area contributed by atoms with Crippen LogP contribution in [0, 0.1) is 0 Å². The first-order valence-corrected chi connectivity index (χ1v) is 46.8. The summed E-state index contributed by atoms with van der Waals surface area (Å²) in [5, 5.41) is 20.7. The van der Waals surface area contributed by atoms with Crippen molar-refractivity contribution in [3.63, 3.8) is 0 Å². The number of aliphatic hydroxyl groups is 2. The molecule has 5 unspecified atom stereocenters. The van der Waals surface area contributed by atoms with E-state index < -0.39 is 91.5 Å². The minimum absolute atomic E-state index is 0.0808. The van der Waals surface area contributed by atoms with Gasteiger partial charge in [-0.2, -0.15) is 0 Å². The molecule has 18 heteroatoms. The van der Waals surface area contributed by atoms with Crippen LogP contribution in [0.15, 0.2) is 158 Å². The van der Waals surface area contributed by atoms with Crippen molar-refractivity contribution in [3.8, 4) is 0 Å². The fourth-order valence-electron chi connectivity index (χ4n) is 11.6. The Bertz CT molecular complexity index is 2650. The van der Waals surface area contributed by atoms with Gasteiger partial charge in [-0.05, 0) is 148 Å². The number of allylic oxidation sites excluding steroid dienone is 26. The predicted octanol–water partition coefficient (Wildman–Crippen LogP) is 26.5. The maximum Gasteiger partial charge on any atom is 0.472 e. The summed E-state index contributed by atoms with van der Waals surface area (Å²) in [6.45, 7) is 2.42. The second-order valence-corrected chi connectivity index (χ2v) is 31.8. The summed E-state index contributed by atoms with van der Waals surface area (Å²) in [7, 11) is -9.81. The molecule has 0 aromatic carbocycles. The zero-order valence-corrected chi connectivity index (χ0v) is 71.6. The first-order valence-electron chi connectivity index (χ1n) is 43.8. The molecule has 4 N–H and O–H groups in total. The largest absolute Gasteiger partial charge is 0.472 e. The number of hydrogen-bond acceptors (Lipinski definition) is 14. The van der Waals surface area contributed by atoms with E-state index in [-0.39, 0.29) is 19.3 Å². The summed E-state index contributed by atoms with van der Waals surface area (Å²) in [6, 6.07) is 0. The third-order valence-electron chi connectivity index (χ3n) is 18.2. The molecule has 0 aliphatic carbocycles. The number of carbonyl (C=O) groups is 3. The van der Waals surface area contributed by atoms with Gasteiger partial charge < -0.3 is 34.2 Å². The molecule has 0 aromatic rings. The number of unbranched alkanes of at least 4 members (excludes halogenated alkanes) is 33. The molecule has 16 nitrogen and oxygen atoms in total. The summed E-state index contributed by atoms with van der Waals surface area (Å²) in [4.78, 5) is 58.8. The average Bonchev–Trinajstić information content (AvgIpc) is 0.901. The number of esters is 3. The van der Waals surface area contributed by atoms with Gasteiger partial charge in [-0.3, -0.25) is 32.5 Å². The van der Waals surface area contributed by atoms with Crippen molar-refractivity contribution in [2.24, 2.45) is 0 Å². The normalized spacial score (nSPS) is 14.6. The van der Waals surface area contributed by atoms with E-state index in [2.05, 4.69) is 179 Å². The molecule has 0 spiro atoms. The van der Waals surface area contributed by atoms with Gasteiger partial charge in [0.15, 0.2) is 6.10 Å². The van der Waals surface area contributed by atoms with Gasteiger partial charge in [0.05, 0.1) is 26.4 Å². The molecule has 111 heavy (non-hydrogen) atoms.